The number of benzene rings is 1. The van der Waals surface area contributed by atoms with E-state index in [9.17, 15) is 5.11 Å². The molecule has 0 saturated heterocycles. The second-order valence-corrected chi connectivity index (χ2v) is 3.77. The Morgan fingerprint density at radius 3 is 2.76 bits per heavy atom. The van der Waals surface area contributed by atoms with Gasteiger partial charge < -0.3 is 5.11 Å². The summed E-state index contributed by atoms with van der Waals surface area (Å²) in [4.78, 5) is 8.34. The third-order valence-corrected chi connectivity index (χ3v) is 2.73. The molecular weight excluding hydrogens is 212 g/mol. The summed E-state index contributed by atoms with van der Waals surface area (Å²) in [6.07, 6.45) is 5.22. The lowest BCUT2D eigenvalue weighted by molar-refractivity contribution is 0.475. The van der Waals surface area contributed by atoms with Crippen LogP contribution in [0.25, 0.3) is 22.0 Å². The fourth-order valence-electron chi connectivity index (χ4n) is 1.92. The molecule has 0 aliphatic rings. The van der Waals surface area contributed by atoms with Crippen molar-refractivity contribution in [3.05, 3.63) is 55.0 Å². The average Bonchev–Trinajstić information content (AvgIpc) is 2.39. The lowest BCUT2D eigenvalue weighted by Gasteiger charge is -2.06. The van der Waals surface area contributed by atoms with Crippen LogP contribution in [0.5, 0.6) is 5.75 Å². The first-order chi connectivity index (χ1) is 8.36. The van der Waals surface area contributed by atoms with Gasteiger partial charge in [-0.25, -0.2) is 0 Å². The summed E-state index contributed by atoms with van der Waals surface area (Å²) in [5.41, 5.74) is 1.49. The summed E-state index contributed by atoms with van der Waals surface area (Å²) in [7, 11) is 0. The lowest BCUT2D eigenvalue weighted by atomic mass is 10.0. The topological polar surface area (TPSA) is 46.0 Å². The number of rotatable bonds is 1. The van der Waals surface area contributed by atoms with E-state index in [2.05, 4.69) is 9.97 Å². The molecule has 82 valence electrons. The Morgan fingerprint density at radius 1 is 0.941 bits per heavy atom. The van der Waals surface area contributed by atoms with Gasteiger partial charge in [0.1, 0.15) is 11.4 Å². The summed E-state index contributed by atoms with van der Waals surface area (Å²) in [5.74, 6) is 0.184. The molecule has 2 heterocycles. The van der Waals surface area contributed by atoms with Crippen LogP contribution in [0.4, 0.5) is 0 Å². The number of nitrogens with zero attached hydrogens (tertiary/aromatic N) is 2. The Labute approximate surface area is 98.4 Å². The van der Waals surface area contributed by atoms with Gasteiger partial charge in [0.05, 0.1) is 0 Å². The normalized spacial score (nSPS) is 10.6. The van der Waals surface area contributed by atoms with Crippen LogP contribution in [-0.2, 0) is 0 Å². The molecular formula is C14H10N2O. The minimum absolute atomic E-state index is 0.184. The highest BCUT2D eigenvalue weighted by Crippen LogP contribution is 2.31. The van der Waals surface area contributed by atoms with Crippen LogP contribution in [0.3, 0.4) is 0 Å². The number of hydrogen-bond donors (Lipinski definition) is 1. The van der Waals surface area contributed by atoms with Crippen molar-refractivity contribution in [1.82, 2.24) is 9.97 Å². The van der Waals surface area contributed by atoms with Gasteiger partial charge in [0.2, 0.25) is 0 Å². The predicted octanol–water partition coefficient (Wildman–Crippen LogP) is 3.00. The standard InChI is InChI=1S/C14H10N2O/c17-13-5-2-7-16-14(13)11-4-1-3-10-6-8-15-9-12(10)11/h1-9,17H. The third-order valence-electron chi connectivity index (χ3n) is 2.73. The van der Waals surface area contributed by atoms with Crippen LogP contribution in [0.1, 0.15) is 0 Å². The van der Waals surface area contributed by atoms with Gasteiger partial charge in [-0.1, -0.05) is 18.2 Å². The zero-order valence-corrected chi connectivity index (χ0v) is 9.04. The number of aromatic nitrogens is 2. The van der Waals surface area contributed by atoms with E-state index >= 15 is 0 Å². The molecule has 0 amide bonds. The molecule has 0 atom stereocenters. The Bertz CT molecular complexity index is 674. The van der Waals surface area contributed by atoms with E-state index in [-0.39, 0.29) is 5.75 Å². The molecule has 17 heavy (non-hydrogen) atoms. The maximum absolute atomic E-state index is 9.84. The van der Waals surface area contributed by atoms with E-state index in [1.54, 1.807) is 30.7 Å². The zero-order valence-electron chi connectivity index (χ0n) is 9.04. The molecule has 0 aliphatic carbocycles. The van der Waals surface area contributed by atoms with Crippen molar-refractivity contribution in [2.45, 2.75) is 0 Å². The molecule has 1 N–H and O–H groups in total. The second kappa shape index (κ2) is 3.87. The number of hydrogen-bond acceptors (Lipinski definition) is 3. The maximum atomic E-state index is 9.84. The highest BCUT2D eigenvalue weighted by Gasteiger charge is 2.08. The quantitative estimate of drug-likeness (QED) is 0.688. The van der Waals surface area contributed by atoms with Crippen molar-refractivity contribution in [2.24, 2.45) is 0 Å². The van der Waals surface area contributed by atoms with E-state index in [1.165, 1.54) is 0 Å². The molecule has 2 aromatic heterocycles. The average molecular weight is 222 g/mol. The third kappa shape index (κ3) is 1.61. The van der Waals surface area contributed by atoms with Crippen molar-refractivity contribution in [3.8, 4) is 17.0 Å². The van der Waals surface area contributed by atoms with Gasteiger partial charge in [0, 0.05) is 29.5 Å². The summed E-state index contributed by atoms with van der Waals surface area (Å²) < 4.78 is 0. The number of pyridine rings is 2. The number of fused-ring (bicyclic) bond motifs is 1. The molecule has 3 rings (SSSR count). The van der Waals surface area contributed by atoms with E-state index < -0.39 is 0 Å². The minimum atomic E-state index is 0.184. The first-order valence-electron chi connectivity index (χ1n) is 5.33. The highest BCUT2D eigenvalue weighted by atomic mass is 16.3. The van der Waals surface area contributed by atoms with Gasteiger partial charge in [-0.15, -0.1) is 0 Å². The molecule has 0 bridgehead atoms. The van der Waals surface area contributed by atoms with Gasteiger partial charge in [-0.3, -0.25) is 9.97 Å². The van der Waals surface area contributed by atoms with Gasteiger partial charge in [0.25, 0.3) is 0 Å². The van der Waals surface area contributed by atoms with Gasteiger partial charge in [-0.2, -0.15) is 0 Å². The monoisotopic (exact) mass is 222 g/mol. The highest BCUT2D eigenvalue weighted by molar-refractivity contribution is 5.96. The van der Waals surface area contributed by atoms with Crippen LogP contribution in [0, 0.1) is 0 Å². The molecule has 0 radical (unpaired) electrons. The zero-order chi connectivity index (χ0) is 11.7. The lowest BCUT2D eigenvalue weighted by Crippen LogP contribution is -1.86. The smallest absolute Gasteiger partial charge is 0.141 e. The van der Waals surface area contributed by atoms with Crippen LogP contribution >= 0.6 is 0 Å². The van der Waals surface area contributed by atoms with Crippen LogP contribution in [-0.4, -0.2) is 15.1 Å². The SMILES string of the molecule is Oc1cccnc1-c1cccc2ccncc12. The summed E-state index contributed by atoms with van der Waals surface area (Å²) in [5, 5.41) is 11.9. The van der Waals surface area contributed by atoms with E-state index in [1.807, 2.05) is 24.3 Å². The minimum Gasteiger partial charge on any atom is -0.506 e. The van der Waals surface area contributed by atoms with Crippen molar-refractivity contribution < 1.29 is 5.11 Å². The van der Waals surface area contributed by atoms with Crippen molar-refractivity contribution in [2.75, 3.05) is 0 Å². The second-order valence-electron chi connectivity index (χ2n) is 3.77. The Hall–Kier alpha value is -2.42. The molecule has 0 spiro atoms. The van der Waals surface area contributed by atoms with Crippen LogP contribution in [0.15, 0.2) is 55.0 Å². The molecule has 0 saturated carbocycles. The fourth-order valence-corrected chi connectivity index (χ4v) is 1.92. The van der Waals surface area contributed by atoms with Gasteiger partial charge in [0.15, 0.2) is 0 Å². The first-order valence-corrected chi connectivity index (χ1v) is 5.33. The fraction of sp³-hybridized carbons (Fsp3) is 0. The van der Waals surface area contributed by atoms with E-state index in [0.717, 1.165) is 16.3 Å². The Balaban J connectivity index is 2.35. The molecule has 3 heteroatoms. The van der Waals surface area contributed by atoms with Gasteiger partial charge >= 0.3 is 0 Å². The Morgan fingerprint density at radius 2 is 1.88 bits per heavy atom. The summed E-state index contributed by atoms with van der Waals surface area (Å²) in [6, 6.07) is 11.2. The number of aromatic hydroxyl groups is 1. The van der Waals surface area contributed by atoms with Crippen molar-refractivity contribution in [3.63, 3.8) is 0 Å². The largest absolute Gasteiger partial charge is 0.506 e. The van der Waals surface area contributed by atoms with E-state index in [0.29, 0.717) is 5.69 Å². The maximum Gasteiger partial charge on any atom is 0.141 e. The van der Waals surface area contributed by atoms with Crippen LogP contribution in [0.2, 0.25) is 0 Å². The van der Waals surface area contributed by atoms with Crippen LogP contribution < -0.4 is 0 Å². The predicted molar refractivity (Wildman–Crippen MR) is 66.6 cm³/mol. The summed E-state index contributed by atoms with van der Waals surface area (Å²) >= 11 is 0. The molecule has 3 aromatic rings. The van der Waals surface area contributed by atoms with Crippen molar-refractivity contribution in [1.29, 1.82) is 0 Å². The molecule has 1 aromatic carbocycles. The molecule has 0 aliphatic heterocycles. The van der Waals surface area contributed by atoms with Crippen molar-refractivity contribution >= 4 is 10.8 Å². The van der Waals surface area contributed by atoms with Gasteiger partial charge in [-0.05, 0) is 23.6 Å². The Kier molecular flexibility index (Phi) is 2.22. The summed E-state index contributed by atoms with van der Waals surface area (Å²) in [6.45, 7) is 0. The van der Waals surface area contributed by atoms with E-state index in [4.69, 9.17) is 0 Å². The molecule has 0 unspecified atom stereocenters. The molecule has 3 nitrogen and oxygen atoms in total. The molecule has 0 fully saturated rings. The first kappa shape index (κ1) is 9.78.